The molecule has 0 aliphatic carbocycles. The number of allylic oxidation sites excluding steroid dienone is 3. The molecule has 168 valence electrons. The van der Waals surface area contributed by atoms with E-state index >= 15 is 0 Å². The topological polar surface area (TPSA) is 55.8 Å². The zero-order chi connectivity index (χ0) is 23.3. The van der Waals surface area contributed by atoms with Gasteiger partial charge in [0.05, 0.1) is 0 Å². The highest BCUT2D eigenvalue weighted by atomic mass is 16.5. The van der Waals surface area contributed by atoms with E-state index in [1.807, 2.05) is 37.3 Å². The Balaban J connectivity index is 1.70. The number of benzene rings is 2. The fourth-order valence-electron chi connectivity index (χ4n) is 3.80. The van der Waals surface area contributed by atoms with Crippen molar-refractivity contribution in [3.8, 4) is 11.5 Å². The van der Waals surface area contributed by atoms with Crippen molar-refractivity contribution in [1.82, 2.24) is 0 Å². The third-order valence-corrected chi connectivity index (χ3v) is 5.74. The highest BCUT2D eigenvalue weighted by molar-refractivity contribution is 5.99. The molecule has 0 saturated carbocycles. The monoisotopic (exact) mass is 432 g/mol. The highest BCUT2D eigenvalue weighted by Gasteiger charge is 2.35. The molecule has 0 unspecified atom stereocenters. The van der Waals surface area contributed by atoms with Gasteiger partial charge >= 0.3 is 0 Å². The summed E-state index contributed by atoms with van der Waals surface area (Å²) in [6.45, 7) is 10.2. The Morgan fingerprint density at radius 2 is 1.50 bits per heavy atom. The molecular weight excluding hydrogens is 400 g/mol. The summed E-state index contributed by atoms with van der Waals surface area (Å²) in [6.07, 6.45) is 5.30. The number of ketones is 1. The normalized spacial score (nSPS) is 16.3. The Hall–Kier alpha value is -3.27. The fraction of sp³-hybridized carbons (Fsp3) is 0.321. The molecule has 1 aliphatic heterocycles. The molecule has 4 nitrogen and oxygen atoms in total. The average Bonchev–Trinajstić information content (AvgIpc) is 3.06. The molecule has 0 saturated heterocycles. The first-order valence-electron chi connectivity index (χ1n) is 11.1. The molecule has 0 amide bonds. The minimum atomic E-state index is -0.789. The van der Waals surface area contributed by atoms with Gasteiger partial charge in [0.1, 0.15) is 23.9 Å². The number of hydrogen-bond donors (Lipinski definition) is 1. The lowest BCUT2D eigenvalue weighted by Gasteiger charge is -2.18. The zero-order valence-corrected chi connectivity index (χ0v) is 19.6. The SMILES string of the molecule is CC/C(=C(/CC)c1ccc(OC/C=C(\C)C2=CC(=O)C(C)(C)O2)cc1)c1ccc(O)cc1. The number of phenols is 1. The second-order valence-electron chi connectivity index (χ2n) is 8.42. The molecule has 0 atom stereocenters. The number of carbonyl (C=O) groups is 1. The van der Waals surface area contributed by atoms with E-state index in [1.54, 1.807) is 32.1 Å². The van der Waals surface area contributed by atoms with Crippen molar-refractivity contribution in [3.05, 3.63) is 83.1 Å². The van der Waals surface area contributed by atoms with Crippen LogP contribution < -0.4 is 4.74 Å². The van der Waals surface area contributed by atoms with Crippen LogP contribution in [0, 0.1) is 0 Å². The maximum atomic E-state index is 11.9. The van der Waals surface area contributed by atoms with Gasteiger partial charge in [0.2, 0.25) is 5.78 Å². The quantitative estimate of drug-likeness (QED) is 0.471. The van der Waals surface area contributed by atoms with Gasteiger partial charge in [-0.2, -0.15) is 0 Å². The van der Waals surface area contributed by atoms with Crippen LogP contribution in [0.1, 0.15) is 58.6 Å². The van der Waals surface area contributed by atoms with Crippen molar-refractivity contribution in [3.63, 3.8) is 0 Å². The lowest BCUT2D eigenvalue weighted by Crippen LogP contribution is -2.27. The van der Waals surface area contributed by atoms with Crippen molar-refractivity contribution in [2.75, 3.05) is 6.61 Å². The number of carbonyl (C=O) groups excluding carboxylic acids is 1. The van der Waals surface area contributed by atoms with Crippen LogP contribution in [0.15, 0.2) is 72.0 Å². The predicted molar refractivity (Wildman–Crippen MR) is 129 cm³/mol. The molecule has 0 aromatic heterocycles. The summed E-state index contributed by atoms with van der Waals surface area (Å²) in [7, 11) is 0. The molecule has 1 aliphatic rings. The van der Waals surface area contributed by atoms with Gasteiger partial charge in [-0.15, -0.1) is 0 Å². The van der Waals surface area contributed by atoms with Gasteiger partial charge in [0.25, 0.3) is 0 Å². The van der Waals surface area contributed by atoms with E-state index in [0.717, 1.165) is 29.7 Å². The standard InChI is InChI=1S/C28H32O4/c1-6-24(20-8-12-22(29)13-9-20)25(7-2)21-10-14-23(15-11-21)31-17-16-19(3)26-18-27(30)28(4,5)32-26/h8-16,18,29H,6-7,17H2,1-5H3/b19-16+,25-24+. The summed E-state index contributed by atoms with van der Waals surface area (Å²) in [4.78, 5) is 11.9. The van der Waals surface area contributed by atoms with Crippen LogP contribution in [0.4, 0.5) is 0 Å². The van der Waals surface area contributed by atoms with Crippen LogP contribution >= 0.6 is 0 Å². The molecule has 1 N–H and O–H groups in total. The molecule has 0 bridgehead atoms. The third-order valence-electron chi connectivity index (χ3n) is 5.74. The second kappa shape index (κ2) is 9.90. The minimum absolute atomic E-state index is 0.0182. The van der Waals surface area contributed by atoms with Crippen molar-refractivity contribution in [2.24, 2.45) is 0 Å². The van der Waals surface area contributed by atoms with Crippen LogP contribution in [0.5, 0.6) is 11.5 Å². The maximum absolute atomic E-state index is 11.9. The smallest absolute Gasteiger partial charge is 0.202 e. The molecule has 2 aromatic carbocycles. The van der Waals surface area contributed by atoms with Crippen LogP contribution in [0.3, 0.4) is 0 Å². The largest absolute Gasteiger partial charge is 0.508 e. The molecule has 1 heterocycles. The zero-order valence-electron chi connectivity index (χ0n) is 19.6. The summed E-state index contributed by atoms with van der Waals surface area (Å²) in [6, 6.07) is 15.5. The molecule has 0 spiro atoms. The third kappa shape index (κ3) is 5.31. The van der Waals surface area contributed by atoms with E-state index in [1.165, 1.54) is 16.7 Å². The Morgan fingerprint density at radius 1 is 0.969 bits per heavy atom. The Bertz CT molecular complexity index is 1050. The number of phenolic OH excluding ortho intramolecular Hbond substituents is 1. The van der Waals surface area contributed by atoms with Crippen LogP contribution in [0.25, 0.3) is 11.1 Å². The van der Waals surface area contributed by atoms with E-state index in [9.17, 15) is 9.90 Å². The van der Waals surface area contributed by atoms with Gasteiger partial charge in [-0.3, -0.25) is 4.79 Å². The van der Waals surface area contributed by atoms with E-state index in [0.29, 0.717) is 12.4 Å². The molecule has 4 heteroatoms. The van der Waals surface area contributed by atoms with Crippen molar-refractivity contribution in [2.45, 2.75) is 53.1 Å². The highest BCUT2D eigenvalue weighted by Crippen LogP contribution is 2.33. The lowest BCUT2D eigenvalue weighted by atomic mass is 9.91. The number of rotatable bonds is 8. The first kappa shape index (κ1) is 23.4. The summed E-state index contributed by atoms with van der Waals surface area (Å²) < 4.78 is 11.6. The molecule has 2 aromatic rings. The summed E-state index contributed by atoms with van der Waals surface area (Å²) in [5.41, 5.74) is 4.97. The Kier molecular flexibility index (Phi) is 7.24. The summed E-state index contributed by atoms with van der Waals surface area (Å²) >= 11 is 0. The van der Waals surface area contributed by atoms with Gasteiger partial charge in [0, 0.05) is 6.08 Å². The average molecular weight is 433 g/mol. The van der Waals surface area contributed by atoms with Crippen LogP contribution in [0.2, 0.25) is 0 Å². The summed E-state index contributed by atoms with van der Waals surface area (Å²) in [5, 5.41) is 9.60. The van der Waals surface area contributed by atoms with Crippen LogP contribution in [-0.4, -0.2) is 23.1 Å². The summed E-state index contributed by atoms with van der Waals surface area (Å²) in [5.74, 6) is 1.65. The first-order chi connectivity index (χ1) is 15.2. The van der Waals surface area contributed by atoms with E-state index in [-0.39, 0.29) is 11.5 Å². The van der Waals surface area contributed by atoms with E-state index in [4.69, 9.17) is 9.47 Å². The van der Waals surface area contributed by atoms with Crippen LogP contribution in [-0.2, 0) is 9.53 Å². The Labute approximate surface area is 190 Å². The molecule has 0 fully saturated rings. The van der Waals surface area contributed by atoms with Crippen molar-refractivity contribution in [1.29, 1.82) is 0 Å². The number of ether oxygens (including phenoxy) is 2. The molecule has 0 radical (unpaired) electrons. The second-order valence-corrected chi connectivity index (χ2v) is 8.42. The number of hydrogen-bond acceptors (Lipinski definition) is 4. The first-order valence-corrected chi connectivity index (χ1v) is 11.1. The predicted octanol–water partition coefficient (Wildman–Crippen LogP) is 6.71. The number of aromatic hydroxyl groups is 1. The van der Waals surface area contributed by atoms with E-state index in [2.05, 4.69) is 26.0 Å². The molecule has 3 rings (SSSR count). The lowest BCUT2D eigenvalue weighted by molar-refractivity contribution is -0.126. The maximum Gasteiger partial charge on any atom is 0.202 e. The van der Waals surface area contributed by atoms with Gasteiger partial charge in [-0.25, -0.2) is 0 Å². The van der Waals surface area contributed by atoms with Crippen molar-refractivity contribution >= 4 is 16.9 Å². The van der Waals surface area contributed by atoms with Gasteiger partial charge < -0.3 is 14.6 Å². The minimum Gasteiger partial charge on any atom is -0.508 e. The van der Waals surface area contributed by atoms with E-state index < -0.39 is 5.60 Å². The molecule has 32 heavy (non-hydrogen) atoms. The fourth-order valence-corrected chi connectivity index (χ4v) is 3.80. The van der Waals surface area contributed by atoms with Crippen molar-refractivity contribution < 1.29 is 19.4 Å². The van der Waals surface area contributed by atoms with Gasteiger partial charge in [-0.05, 0) is 91.8 Å². The Morgan fingerprint density at radius 3 is 1.97 bits per heavy atom. The van der Waals surface area contributed by atoms with Gasteiger partial charge in [0.15, 0.2) is 5.60 Å². The molecular formula is C28H32O4. The van der Waals surface area contributed by atoms with Gasteiger partial charge in [-0.1, -0.05) is 38.1 Å².